The molecular formula is C22H27Cl3N6O. The molecule has 4 rings (SSSR count). The second-order valence-corrected chi connectivity index (χ2v) is 9.66. The number of hydrogen-bond donors (Lipinski definition) is 2. The van der Waals surface area contributed by atoms with E-state index in [0.717, 1.165) is 18.4 Å². The number of rotatable bonds is 5. The van der Waals surface area contributed by atoms with Crippen molar-refractivity contribution >= 4 is 52.5 Å². The van der Waals surface area contributed by atoms with Gasteiger partial charge in [-0.3, -0.25) is 4.79 Å². The Kier molecular flexibility index (Phi) is 7.30. The summed E-state index contributed by atoms with van der Waals surface area (Å²) in [7, 11) is 0. The van der Waals surface area contributed by atoms with Gasteiger partial charge in [-0.15, -0.1) is 0 Å². The molecule has 2 aliphatic heterocycles. The lowest BCUT2D eigenvalue weighted by molar-refractivity contribution is -0.133. The first-order valence-electron chi connectivity index (χ1n) is 10.9. The van der Waals surface area contributed by atoms with Crippen molar-refractivity contribution in [3.63, 3.8) is 0 Å². The molecule has 3 atom stereocenters. The van der Waals surface area contributed by atoms with Crippen LogP contribution in [0.1, 0.15) is 38.3 Å². The highest BCUT2D eigenvalue weighted by atomic mass is 35.5. The number of halogens is 3. The Labute approximate surface area is 203 Å². The van der Waals surface area contributed by atoms with Gasteiger partial charge in [0.05, 0.1) is 18.3 Å². The van der Waals surface area contributed by atoms with E-state index in [-0.39, 0.29) is 18.0 Å². The molecule has 1 aromatic carbocycles. The van der Waals surface area contributed by atoms with Gasteiger partial charge in [0, 0.05) is 42.3 Å². The fourth-order valence-electron chi connectivity index (χ4n) is 4.22. The molecule has 3 heterocycles. The average Bonchev–Trinajstić information content (AvgIpc) is 3.21. The van der Waals surface area contributed by atoms with Crippen LogP contribution in [0.4, 0.5) is 11.8 Å². The standard InChI is InChI=1S/C22H27Cl3N6O/c1-13-3-6-19(27-13)21(32)30-7-9-31(10-8-30)22-26-12-18(25)20(29-22)28-14(2)16-5-4-15(23)11-17(16)24/h4-5,11-14,19,27H,3,6-10H2,1-2H3,(H,26,28,29)/t13-,14+,19+/m0/s1. The Morgan fingerprint density at radius 2 is 1.91 bits per heavy atom. The van der Waals surface area contributed by atoms with Gasteiger partial charge in [0.25, 0.3) is 0 Å². The molecule has 0 spiro atoms. The van der Waals surface area contributed by atoms with E-state index in [1.54, 1.807) is 18.3 Å². The van der Waals surface area contributed by atoms with Crippen LogP contribution in [0.3, 0.4) is 0 Å². The average molecular weight is 498 g/mol. The van der Waals surface area contributed by atoms with Crippen LogP contribution in [-0.4, -0.2) is 59.0 Å². The van der Waals surface area contributed by atoms with Crippen LogP contribution in [0.25, 0.3) is 0 Å². The SMILES string of the molecule is C[C@H]1CC[C@H](C(=O)N2CCN(c3ncc(Cl)c(N[C@H](C)c4ccc(Cl)cc4Cl)n3)CC2)N1. The summed E-state index contributed by atoms with van der Waals surface area (Å²) in [5, 5.41) is 8.30. The van der Waals surface area contributed by atoms with E-state index in [0.29, 0.717) is 59.1 Å². The summed E-state index contributed by atoms with van der Waals surface area (Å²) in [5.74, 6) is 1.32. The third-order valence-corrected chi connectivity index (χ3v) is 6.90. The zero-order valence-electron chi connectivity index (χ0n) is 18.1. The number of hydrogen-bond acceptors (Lipinski definition) is 6. The minimum Gasteiger partial charge on any atom is -0.362 e. The first kappa shape index (κ1) is 23.4. The maximum Gasteiger partial charge on any atom is 0.239 e. The predicted molar refractivity (Wildman–Crippen MR) is 130 cm³/mol. The number of nitrogens with one attached hydrogen (secondary N) is 2. The lowest BCUT2D eigenvalue weighted by Crippen LogP contribution is -2.53. The van der Waals surface area contributed by atoms with Crippen LogP contribution in [-0.2, 0) is 4.79 Å². The van der Waals surface area contributed by atoms with Crippen molar-refractivity contribution < 1.29 is 4.79 Å². The van der Waals surface area contributed by atoms with Gasteiger partial charge >= 0.3 is 0 Å². The van der Waals surface area contributed by atoms with Crippen molar-refractivity contribution in [2.45, 2.75) is 44.8 Å². The van der Waals surface area contributed by atoms with Crippen molar-refractivity contribution in [2.24, 2.45) is 0 Å². The summed E-state index contributed by atoms with van der Waals surface area (Å²) in [6.45, 7) is 6.75. The number of amides is 1. The molecule has 0 unspecified atom stereocenters. The monoisotopic (exact) mass is 496 g/mol. The number of nitrogens with zero attached hydrogens (tertiary/aromatic N) is 4. The van der Waals surface area contributed by atoms with Gasteiger partial charge in [0.1, 0.15) is 5.02 Å². The third-order valence-electron chi connectivity index (χ3n) is 6.06. The molecule has 2 aliphatic rings. The van der Waals surface area contributed by atoms with Crippen LogP contribution >= 0.6 is 34.8 Å². The van der Waals surface area contributed by atoms with Crippen LogP contribution in [0.2, 0.25) is 15.1 Å². The zero-order chi connectivity index (χ0) is 22.8. The molecular weight excluding hydrogens is 471 g/mol. The Bertz CT molecular complexity index is 982. The molecule has 0 bridgehead atoms. The van der Waals surface area contributed by atoms with E-state index in [2.05, 4.69) is 32.4 Å². The lowest BCUT2D eigenvalue weighted by atomic mass is 10.1. The van der Waals surface area contributed by atoms with Gasteiger partial charge in [-0.2, -0.15) is 4.98 Å². The molecule has 0 aliphatic carbocycles. The van der Waals surface area contributed by atoms with Crippen LogP contribution in [0.5, 0.6) is 0 Å². The van der Waals surface area contributed by atoms with Crippen molar-refractivity contribution in [1.29, 1.82) is 0 Å². The molecule has 2 fully saturated rings. The van der Waals surface area contributed by atoms with Crippen molar-refractivity contribution in [2.75, 3.05) is 36.4 Å². The maximum absolute atomic E-state index is 12.8. The van der Waals surface area contributed by atoms with Gasteiger partial charge in [-0.05, 0) is 44.4 Å². The number of piperazine rings is 1. The second-order valence-electron chi connectivity index (χ2n) is 8.41. The highest BCUT2D eigenvalue weighted by molar-refractivity contribution is 6.35. The van der Waals surface area contributed by atoms with Crippen molar-refractivity contribution in [1.82, 2.24) is 20.2 Å². The zero-order valence-corrected chi connectivity index (χ0v) is 20.4. The molecule has 0 radical (unpaired) electrons. The molecule has 2 aromatic rings. The Balaban J connectivity index is 1.40. The summed E-state index contributed by atoms with van der Waals surface area (Å²) in [6.07, 6.45) is 3.56. The molecule has 0 saturated carbocycles. The highest BCUT2D eigenvalue weighted by Crippen LogP contribution is 2.30. The second kappa shape index (κ2) is 10.00. The van der Waals surface area contributed by atoms with Gasteiger partial charge in [-0.1, -0.05) is 40.9 Å². The fraction of sp³-hybridized carbons (Fsp3) is 0.500. The molecule has 7 nitrogen and oxygen atoms in total. The minimum absolute atomic E-state index is 0.0553. The van der Waals surface area contributed by atoms with Crippen molar-refractivity contribution in [3.05, 3.63) is 45.0 Å². The van der Waals surface area contributed by atoms with E-state index in [9.17, 15) is 4.79 Å². The summed E-state index contributed by atoms with van der Waals surface area (Å²) in [6, 6.07) is 5.62. The Morgan fingerprint density at radius 3 is 2.56 bits per heavy atom. The first-order valence-corrected chi connectivity index (χ1v) is 12.0. The number of anilines is 2. The molecule has 1 amide bonds. The van der Waals surface area contributed by atoms with Gasteiger partial charge < -0.3 is 20.4 Å². The number of benzene rings is 1. The maximum atomic E-state index is 12.8. The van der Waals surface area contributed by atoms with Crippen LogP contribution < -0.4 is 15.5 Å². The minimum atomic E-state index is -0.129. The third kappa shape index (κ3) is 5.22. The van der Waals surface area contributed by atoms with Gasteiger partial charge in [0.15, 0.2) is 5.82 Å². The van der Waals surface area contributed by atoms with E-state index < -0.39 is 0 Å². The van der Waals surface area contributed by atoms with E-state index in [1.165, 1.54) is 0 Å². The molecule has 1 aromatic heterocycles. The number of carbonyl (C=O) groups excluding carboxylic acids is 1. The van der Waals surface area contributed by atoms with Gasteiger partial charge in [-0.25, -0.2) is 4.98 Å². The summed E-state index contributed by atoms with van der Waals surface area (Å²) in [5.41, 5.74) is 0.897. The number of carbonyl (C=O) groups is 1. The fourth-order valence-corrected chi connectivity index (χ4v) is 4.93. The summed E-state index contributed by atoms with van der Waals surface area (Å²) >= 11 is 18.7. The molecule has 2 N–H and O–H groups in total. The Morgan fingerprint density at radius 1 is 1.16 bits per heavy atom. The van der Waals surface area contributed by atoms with Crippen LogP contribution in [0, 0.1) is 0 Å². The molecule has 32 heavy (non-hydrogen) atoms. The van der Waals surface area contributed by atoms with E-state index >= 15 is 0 Å². The quantitative estimate of drug-likeness (QED) is 0.638. The summed E-state index contributed by atoms with van der Waals surface area (Å²) in [4.78, 5) is 25.8. The van der Waals surface area contributed by atoms with Gasteiger partial charge in [0.2, 0.25) is 11.9 Å². The van der Waals surface area contributed by atoms with Crippen molar-refractivity contribution in [3.8, 4) is 0 Å². The first-order chi connectivity index (χ1) is 15.3. The molecule has 172 valence electrons. The number of aromatic nitrogens is 2. The molecule has 10 heteroatoms. The van der Waals surface area contributed by atoms with E-state index in [1.807, 2.05) is 17.9 Å². The lowest BCUT2D eigenvalue weighted by Gasteiger charge is -2.36. The molecule has 2 saturated heterocycles. The summed E-state index contributed by atoms with van der Waals surface area (Å²) < 4.78 is 0. The predicted octanol–water partition coefficient (Wildman–Crippen LogP) is 4.40. The topological polar surface area (TPSA) is 73.4 Å². The Hall–Kier alpha value is -1.80. The van der Waals surface area contributed by atoms with Crippen LogP contribution in [0.15, 0.2) is 24.4 Å². The van der Waals surface area contributed by atoms with E-state index in [4.69, 9.17) is 34.8 Å². The smallest absolute Gasteiger partial charge is 0.239 e. The highest BCUT2D eigenvalue weighted by Gasteiger charge is 2.32. The normalized spacial score (nSPS) is 22.2. The largest absolute Gasteiger partial charge is 0.362 e.